The summed E-state index contributed by atoms with van der Waals surface area (Å²) in [5.41, 5.74) is 0.522. The van der Waals surface area contributed by atoms with Crippen LogP contribution < -0.4 is 4.74 Å². The number of nitrogens with zero attached hydrogens (tertiary/aromatic N) is 2. The summed E-state index contributed by atoms with van der Waals surface area (Å²) in [7, 11) is 1.26. The summed E-state index contributed by atoms with van der Waals surface area (Å²) in [4.78, 5) is 36.3. The standard InChI is InChI=1S/C18H14N2O6S/c1-26-14-8-12(7-13(16(14)21)20(24)25)9-15-17(22)19(18(23)27-15)10-11-5-3-2-4-6-11/h2-9,21H,10H2,1H3. The molecule has 2 aromatic rings. The van der Waals surface area contributed by atoms with Crippen LogP contribution in [0.4, 0.5) is 10.5 Å². The largest absolute Gasteiger partial charge is 0.500 e. The van der Waals surface area contributed by atoms with Crippen LogP contribution in [-0.4, -0.2) is 33.2 Å². The van der Waals surface area contributed by atoms with Gasteiger partial charge in [0.2, 0.25) is 5.75 Å². The first-order valence-corrected chi connectivity index (χ1v) is 8.57. The van der Waals surface area contributed by atoms with Crippen LogP contribution in [0.5, 0.6) is 11.5 Å². The normalized spacial score (nSPS) is 15.4. The summed E-state index contributed by atoms with van der Waals surface area (Å²) >= 11 is 0.753. The van der Waals surface area contributed by atoms with Gasteiger partial charge in [0.15, 0.2) is 5.75 Å². The summed E-state index contributed by atoms with van der Waals surface area (Å²) in [5.74, 6) is -1.18. The number of benzene rings is 2. The number of hydrogen-bond donors (Lipinski definition) is 1. The van der Waals surface area contributed by atoms with Gasteiger partial charge in [0.25, 0.3) is 11.1 Å². The van der Waals surface area contributed by atoms with Crippen molar-refractivity contribution in [2.45, 2.75) is 6.54 Å². The second-order valence-electron chi connectivity index (χ2n) is 5.60. The van der Waals surface area contributed by atoms with E-state index in [0.717, 1.165) is 28.3 Å². The lowest BCUT2D eigenvalue weighted by Gasteiger charge is -2.12. The Labute approximate surface area is 158 Å². The maximum Gasteiger partial charge on any atom is 0.315 e. The van der Waals surface area contributed by atoms with Gasteiger partial charge in [0, 0.05) is 6.07 Å². The zero-order valence-electron chi connectivity index (χ0n) is 14.1. The van der Waals surface area contributed by atoms with Crippen molar-refractivity contribution in [3.05, 3.63) is 68.6 Å². The molecule has 9 heteroatoms. The molecule has 1 fully saturated rings. The summed E-state index contributed by atoms with van der Waals surface area (Å²) in [6, 6.07) is 11.5. The van der Waals surface area contributed by atoms with Crippen LogP contribution in [0, 0.1) is 10.1 Å². The molecular formula is C18H14N2O6S. The van der Waals surface area contributed by atoms with Crippen molar-refractivity contribution in [3.8, 4) is 11.5 Å². The van der Waals surface area contributed by atoms with Gasteiger partial charge in [-0.2, -0.15) is 0 Å². The van der Waals surface area contributed by atoms with Crippen LogP contribution in [0.25, 0.3) is 6.08 Å². The number of carbonyl (C=O) groups is 2. The second kappa shape index (κ2) is 7.50. The van der Waals surface area contributed by atoms with E-state index in [0.29, 0.717) is 0 Å². The highest BCUT2D eigenvalue weighted by Gasteiger charge is 2.35. The third-order valence-corrected chi connectivity index (χ3v) is 4.76. The van der Waals surface area contributed by atoms with E-state index in [9.17, 15) is 24.8 Å². The van der Waals surface area contributed by atoms with Crippen LogP contribution in [-0.2, 0) is 11.3 Å². The molecule has 1 aliphatic rings. The van der Waals surface area contributed by atoms with Crippen molar-refractivity contribution < 1.29 is 24.4 Å². The van der Waals surface area contributed by atoms with E-state index in [4.69, 9.17) is 4.74 Å². The Bertz CT molecular complexity index is 958. The van der Waals surface area contributed by atoms with Gasteiger partial charge in [0.1, 0.15) is 0 Å². The third kappa shape index (κ3) is 3.77. The number of aromatic hydroxyl groups is 1. The minimum atomic E-state index is -0.754. The fourth-order valence-corrected chi connectivity index (χ4v) is 3.38. The number of hydrogen-bond acceptors (Lipinski definition) is 7. The predicted molar refractivity (Wildman–Crippen MR) is 99.3 cm³/mol. The topological polar surface area (TPSA) is 110 Å². The van der Waals surface area contributed by atoms with E-state index in [1.165, 1.54) is 19.3 Å². The van der Waals surface area contributed by atoms with Gasteiger partial charge in [-0.1, -0.05) is 30.3 Å². The zero-order valence-corrected chi connectivity index (χ0v) is 14.9. The summed E-state index contributed by atoms with van der Waals surface area (Å²) in [5, 5.41) is 20.5. The highest BCUT2D eigenvalue weighted by Crippen LogP contribution is 2.39. The summed E-state index contributed by atoms with van der Waals surface area (Å²) in [6.07, 6.45) is 1.37. The number of nitro benzene ring substituents is 1. The minimum Gasteiger partial charge on any atom is -0.500 e. The number of methoxy groups -OCH3 is 1. The molecule has 0 spiro atoms. The van der Waals surface area contributed by atoms with E-state index in [-0.39, 0.29) is 22.8 Å². The van der Waals surface area contributed by atoms with E-state index in [1.54, 1.807) is 12.1 Å². The minimum absolute atomic E-state index is 0.0982. The van der Waals surface area contributed by atoms with Crippen molar-refractivity contribution >= 4 is 34.7 Å². The average molecular weight is 386 g/mol. The molecule has 0 saturated carbocycles. The molecule has 1 heterocycles. The molecule has 1 aliphatic heterocycles. The predicted octanol–water partition coefficient (Wildman–Crippen LogP) is 3.55. The first-order chi connectivity index (χ1) is 12.9. The van der Waals surface area contributed by atoms with Crippen molar-refractivity contribution in [3.63, 3.8) is 0 Å². The molecular weight excluding hydrogens is 372 g/mol. The highest BCUT2D eigenvalue weighted by atomic mass is 32.2. The van der Waals surface area contributed by atoms with Crippen molar-refractivity contribution in [1.82, 2.24) is 4.90 Å². The highest BCUT2D eigenvalue weighted by molar-refractivity contribution is 8.18. The number of thioether (sulfide) groups is 1. The van der Waals surface area contributed by atoms with Gasteiger partial charge in [-0.15, -0.1) is 0 Å². The fraction of sp³-hybridized carbons (Fsp3) is 0.111. The van der Waals surface area contributed by atoms with Gasteiger partial charge < -0.3 is 9.84 Å². The number of rotatable bonds is 5. The van der Waals surface area contributed by atoms with Crippen LogP contribution in [0.1, 0.15) is 11.1 Å². The molecule has 2 aromatic carbocycles. The monoisotopic (exact) mass is 386 g/mol. The third-order valence-electron chi connectivity index (χ3n) is 3.85. The van der Waals surface area contributed by atoms with Crippen LogP contribution >= 0.6 is 11.8 Å². The van der Waals surface area contributed by atoms with Gasteiger partial charge in [-0.05, 0) is 35.0 Å². The first-order valence-electron chi connectivity index (χ1n) is 7.75. The molecule has 0 aromatic heterocycles. The Morgan fingerprint density at radius 3 is 2.59 bits per heavy atom. The Balaban J connectivity index is 1.92. The Kier molecular flexibility index (Phi) is 5.13. The smallest absolute Gasteiger partial charge is 0.315 e. The average Bonchev–Trinajstić information content (AvgIpc) is 2.91. The molecule has 27 heavy (non-hydrogen) atoms. The Morgan fingerprint density at radius 1 is 1.26 bits per heavy atom. The second-order valence-corrected chi connectivity index (χ2v) is 6.59. The SMILES string of the molecule is COc1cc(C=C2SC(=O)N(Cc3ccccc3)C2=O)cc([N+](=O)[O-])c1O. The molecule has 0 aliphatic carbocycles. The van der Waals surface area contributed by atoms with Gasteiger partial charge in [-0.25, -0.2) is 0 Å². The van der Waals surface area contributed by atoms with E-state index in [1.807, 2.05) is 18.2 Å². The number of ether oxygens (including phenoxy) is 1. The number of phenolic OH excluding ortho intramolecular Hbond substituents is 1. The quantitative estimate of drug-likeness (QED) is 0.475. The molecule has 138 valence electrons. The molecule has 0 unspecified atom stereocenters. The lowest BCUT2D eigenvalue weighted by Crippen LogP contribution is -2.27. The number of amides is 2. The number of nitro groups is 1. The summed E-state index contributed by atoms with van der Waals surface area (Å²) in [6.45, 7) is 0.141. The molecule has 1 N–H and O–H groups in total. The molecule has 0 radical (unpaired) electrons. The van der Waals surface area contributed by atoms with Gasteiger partial charge in [0.05, 0.1) is 23.5 Å². The number of imide groups is 1. The van der Waals surface area contributed by atoms with E-state index in [2.05, 4.69) is 0 Å². The lowest BCUT2D eigenvalue weighted by molar-refractivity contribution is -0.386. The lowest BCUT2D eigenvalue weighted by atomic mass is 10.1. The Hall–Kier alpha value is -3.33. The molecule has 3 rings (SSSR count). The van der Waals surface area contributed by atoms with E-state index < -0.39 is 27.5 Å². The van der Waals surface area contributed by atoms with Crippen molar-refractivity contribution in [2.24, 2.45) is 0 Å². The molecule has 2 amide bonds. The van der Waals surface area contributed by atoms with Crippen molar-refractivity contribution in [1.29, 1.82) is 0 Å². The molecule has 1 saturated heterocycles. The van der Waals surface area contributed by atoms with E-state index >= 15 is 0 Å². The zero-order chi connectivity index (χ0) is 19.6. The summed E-state index contributed by atoms with van der Waals surface area (Å²) < 4.78 is 4.94. The first kappa shape index (κ1) is 18.5. The maximum absolute atomic E-state index is 12.6. The number of phenols is 1. The van der Waals surface area contributed by atoms with Gasteiger partial charge in [-0.3, -0.25) is 24.6 Å². The van der Waals surface area contributed by atoms with Crippen molar-refractivity contribution in [2.75, 3.05) is 7.11 Å². The fourth-order valence-electron chi connectivity index (χ4n) is 2.55. The van der Waals surface area contributed by atoms with Crippen LogP contribution in [0.3, 0.4) is 0 Å². The van der Waals surface area contributed by atoms with Crippen LogP contribution in [0.2, 0.25) is 0 Å². The molecule has 0 bridgehead atoms. The molecule has 8 nitrogen and oxygen atoms in total. The van der Waals surface area contributed by atoms with Gasteiger partial charge >= 0.3 is 5.69 Å². The molecule has 0 atom stereocenters. The maximum atomic E-state index is 12.6. The Morgan fingerprint density at radius 2 is 1.96 bits per heavy atom. The van der Waals surface area contributed by atoms with Crippen LogP contribution in [0.15, 0.2) is 47.4 Å². The number of carbonyl (C=O) groups excluding carboxylic acids is 2.